The van der Waals surface area contributed by atoms with Gasteiger partial charge in [-0.05, 0) is 74.0 Å². The van der Waals surface area contributed by atoms with Crippen LogP contribution in [-0.2, 0) is 47.5 Å². The molecule has 4 aliphatic heterocycles. The van der Waals surface area contributed by atoms with Gasteiger partial charge in [-0.15, -0.1) is 0 Å². The zero-order valence-corrected chi connectivity index (χ0v) is 32.2. The number of carbonyl (C=O) groups is 3. The molecule has 54 heavy (non-hydrogen) atoms. The summed E-state index contributed by atoms with van der Waals surface area (Å²) in [6.45, 7) is 14.4. The Morgan fingerprint density at radius 1 is 0.963 bits per heavy atom. The van der Waals surface area contributed by atoms with E-state index in [0.29, 0.717) is 12.8 Å². The molecule has 0 bridgehead atoms. The minimum absolute atomic E-state index is 0.0660. The highest BCUT2D eigenvalue weighted by Crippen LogP contribution is 2.88. The summed E-state index contributed by atoms with van der Waals surface area (Å²) in [5.41, 5.74) is -0.743. The van der Waals surface area contributed by atoms with Crippen molar-refractivity contribution < 1.29 is 68.0 Å². The molecule has 0 aromatic rings. The fourth-order valence-corrected chi connectivity index (χ4v) is 14.2. The monoisotopic (exact) mass is 760 g/mol. The lowest BCUT2D eigenvalue weighted by atomic mass is 9.44. The van der Waals surface area contributed by atoms with E-state index in [9.17, 15) is 29.7 Å². The van der Waals surface area contributed by atoms with Gasteiger partial charge in [0.05, 0.1) is 18.8 Å². The van der Waals surface area contributed by atoms with Crippen LogP contribution in [0.2, 0.25) is 0 Å². The second-order valence-electron chi connectivity index (χ2n) is 19.5. The summed E-state index contributed by atoms with van der Waals surface area (Å²) in [6, 6.07) is 0. The highest BCUT2D eigenvalue weighted by Gasteiger charge is 2.85. The van der Waals surface area contributed by atoms with Crippen molar-refractivity contribution in [3.05, 3.63) is 11.6 Å². The molecule has 0 amide bonds. The van der Waals surface area contributed by atoms with E-state index in [2.05, 4.69) is 40.7 Å². The normalized spacial score (nSPS) is 55.9. The number of carboxylic acid groups (broad SMARTS) is 1. The molecule has 4 saturated carbocycles. The van der Waals surface area contributed by atoms with E-state index >= 15 is 0 Å². The highest BCUT2D eigenvalue weighted by atomic mass is 16.8. The molecule has 4 N–H and O–H groups in total. The van der Waals surface area contributed by atoms with Crippen molar-refractivity contribution in [2.45, 2.75) is 167 Å². The van der Waals surface area contributed by atoms with Crippen LogP contribution >= 0.6 is 0 Å². The molecule has 18 atom stereocenters. The zero-order chi connectivity index (χ0) is 38.8. The van der Waals surface area contributed by atoms with Crippen LogP contribution in [0.15, 0.2) is 11.6 Å². The maximum atomic E-state index is 12.9. The fourth-order valence-electron chi connectivity index (χ4n) is 14.2. The van der Waals surface area contributed by atoms with Gasteiger partial charge in [-0.25, -0.2) is 0 Å². The van der Waals surface area contributed by atoms with Crippen molar-refractivity contribution in [3.63, 3.8) is 0 Å². The number of hydrogen-bond acceptors (Lipinski definition) is 13. The number of carboxylic acids is 1. The molecule has 2 unspecified atom stereocenters. The molecule has 0 aromatic heterocycles. The average molecular weight is 761 g/mol. The number of aliphatic hydroxyl groups is 3. The van der Waals surface area contributed by atoms with Crippen molar-refractivity contribution in [1.82, 2.24) is 0 Å². The number of fused-ring (bicyclic) bond motifs is 6. The maximum Gasteiger partial charge on any atom is 0.317 e. The number of aliphatic carboxylic acids is 1. The lowest BCUT2D eigenvalue weighted by Gasteiger charge is -2.62. The van der Waals surface area contributed by atoms with Gasteiger partial charge in [0, 0.05) is 29.6 Å². The Balaban J connectivity index is 1.02. The lowest BCUT2D eigenvalue weighted by Crippen LogP contribution is -2.61. The third-order valence-electron chi connectivity index (χ3n) is 16.7. The molecule has 4 saturated heterocycles. The number of carbonyl (C=O) groups excluding carboxylic acids is 2. The Morgan fingerprint density at radius 2 is 1.70 bits per heavy atom. The van der Waals surface area contributed by atoms with E-state index in [1.807, 2.05) is 6.92 Å². The van der Waals surface area contributed by atoms with Gasteiger partial charge in [0.2, 0.25) is 5.79 Å². The molecule has 9 rings (SSSR count). The van der Waals surface area contributed by atoms with E-state index in [0.717, 1.165) is 32.1 Å². The smallest absolute Gasteiger partial charge is 0.317 e. The highest BCUT2D eigenvalue weighted by molar-refractivity contribution is 5.90. The minimum atomic E-state index is -1.51. The van der Waals surface area contributed by atoms with E-state index < -0.39 is 71.5 Å². The topological polar surface area (TPSA) is 200 Å². The predicted molar refractivity (Wildman–Crippen MR) is 184 cm³/mol. The molecule has 4 heterocycles. The third-order valence-corrected chi connectivity index (χ3v) is 16.7. The zero-order valence-electron chi connectivity index (χ0n) is 32.2. The SMILES string of the molecule is CC(=O)O[C@@H]1C[C@@]23C[C@@]24CC[C@H](O[C@@H]2OC[C@@H](O)[C@H](O)[C@H]2OC(=O)CC(=O)O)C(C)(C)C4CC=C3[C@]2(C)C[C@@H]3O[C@]4(C[C@@H](C)[C@@H]3[C@@]12C)OC(O)[C@@]1(C)O[C@@H]41. The summed E-state index contributed by atoms with van der Waals surface area (Å²) in [6.07, 6.45) is -0.812. The van der Waals surface area contributed by atoms with Gasteiger partial charge in [0.25, 0.3) is 0 Å². The Bertz CT molecular complexity index is 1680. The number of allylic oxidation sites excluding steroid dienone is 2. The second kappa shape index (κ2) is 11.5. The molecular weight excluding hydrogens is 704 g/mol. The Hall–Kier alpha value is -2.17. The summed E-state index contributed by atoms with van der Waals surface area (Å²) in [5, 5.41) is 41.0. The summed E-state index contributed by atoms with van der Waals surface area (Å²) < 4.78 is 43.4. The summed E-state index contributed by atoms with van der Waals surface area (Å²) in [7, 11) is 0. The van der Waals surface area contributed by atoms with Crippen molar-refractivity contribution in [2.75, 3.05) is 6.61 Å². The van der Waals surface area contributed by atoms with Crippen LogP contribution in [0.5, 0.6) is 0 Å². The predicted octanol–water partition coefficient (Wildman–Crippen LogP) is 2.97. The van der Waals surface area contributed by atoms with Gasteiger partial charge in [-0.1, -0.05) is 46.3 Å². The van der Waals surface area contributed by atoms with Gasteiger partial charge in [-0.3, -0.25) is 14.4 Å². The summed E-state index contributed by atoms with van der Waals surface area (Å²) in [5.74, 6) is -3.32. The van der Waals surface area contributed by atoms with Crippen LogP contribution in [0.1, 0.15) is 99.8 Å². The molecule has 3 spiro atoms. The first-order chi connectivity index (χ1) is 25.2. The number of hydrogen-bond donors (Lipinski definition) is 4. The van der Waals surface area contributed by atoms with Crippen LogP contribution in [0.3, 0.4) is 0 Å². The van der Waals surface area contributed by atoms with Crippen molar-refractivity contribution >= 4 is 17.9 Å². The molecule has 0 aromatic carbocycles. The molecule has 300 valence electrons. The molecule has 0 radical (unpaired) electrons. The van der Waals surface area contributed by atoms with Gasteiger partial charge < -0.3 is 53.6 Å². The minimum Gasteiger partial charge on any atom is -0.481 e. The first-order valence-electron chi connectivity index (χ1n) is 19.8. The van der Waals surface area contributed by atoms with Crippen LogP contribution in [0.4, 0.5) is 0 Å². The van der Waals surface area contributed by atoms with Gasteiger partial charge >= 0.3 is 17.9 Å². The van der Waals surface area contributed by atoms with E-state index in [4.69, 9.17) is 38.3 Å². The van der Waals surface area contributed by atoms with Crippen molar-refractivity contribution in [1.29, 1.82) is 0 Å². The number of ether oxygens (including phenoxy) is 7. The van der Waals surface area contributed by atoms with Crippen LogP contribution < -0.4 is 0 Å². The van der Waals surface area contributed by atoms with E-state index in [1.54, 1.807) is 0 Å². The largest absolute Gasteiger partial charge is 0.481 e. The lowest BCUT2D eigenvalue weighted by molar-refractivity contribution is -0.345. The van der Waals surface area contributed by atoms with Crippen LogP contribution in [-0.4, -0.2) is 112 Å². The third kappa shape index (κ3) is 4.65. The Kier molecular flexibility index (Phi) is 7.96. The van der Waals surface area contributed by atoms with Crippen molar-refractivity contribution in [3.8, 4) is 0 Å². The molecule has 9 aliphatic rings. The summed E-state index contributed by atoms with van der Waals surface area (Å²) >= 11 is 0. The van der Waals surface area contributed by atoms with E-state index in [-0.39, 0.29) is 71.0 Å². The number of esters is 2. The standard InChI is InChI=1S/C40H56O14/c1-18-13-40(32-37(7,53-32)33(47)54-40)52-21-14-35(5)23-9-8-22-34(3,4)24(50-31-30(29(46)20(42)16-48-31)51-27(45)12-26(43)44)10-11-38(22)17-39(23,38)15-25(49-19(2)41)36(35,6)28(18)21/h9,18,20-22,24-25,28-33,42,46-47H,8,10-17H2,1-7H3,(H,43,44)/t18-,20-,21+,22?,24+,25-,28+,29+,30-,31+,32-,33?,35+,36-,37+,38-,39+,40-/m1/s1. The first-order valence-corrected chi connectivity index (χ1v) is 19.8. The van der Waals surface area contributed by atoms with Crippen LogP contribution in [0, 0.1) is 44.8 Å². The number of aliphatic hydroxyl groups excluding tert-OH is 3. The maximum absolute atomic E-state index is 12.9. The quantitative estimate of drug-likeness (QED) is 0.133. The summed E-state index contributed by atoms with van der Waals surface area (Å²) in [4.78, 5) is 36.5. The molecular formula is C40H56O14. The van der Waals surface area contributed by atoms with Gasteiger partial charge in [0.1, 0.15) is 36.4 Å². The Morgan fingerprint density at radius 3 is 2.35 bits per heavy atom. The number of rotatable bonds is 6. The van der Waals surface area contributed by atoms with E-state index in [1.165, 1.54) is 12.5 Å². The van der Waals surface area contributed by atoms with Crippen molar-refractivity contribution in [2.24, 2.45) is 44.8 Å². The molecule has 14 heteroatoms. The van der Waals surface area contributed by atoms with Crippen LogP contribution in [0.25, 0.3) is 0 Å². The fraction of sp³-hybridized carbons (Fsp3) is 0.875. The molecule has 8 fully saturated rings. The van der Waals surface area contributed by atoms with Gasteiger partial charge in [-0.2, -0.15) is 0 Å². The van der Waals surface area contributed by atoms with Gasteiger partial charge in [0.15, 0.2) is 18.7 Å². The average Bonchev–Trinajstić information content (AvgIpc) is 3.90. The second-order valence-corrected chi connectivity index (χ2v) is 19.5. The molecule has 5 aliphatic carbocycles. The molecule has 14 nitrogen and oxygen atoms in total. The first kappa shape index (κ1) is 37.4. The number of epoxide rings is 1. The Labute approximate surface area is 315 Å².